The van der Waals surface area contributed by atoms with E-state index in [2.05, 4.69) is 0 Å². The summed E-state index contributed by atoms with van der Waals surface area (Å²) in [5.74, 6) is 0. The van der Waals surface area contributed by atoms with Gasteiger partial charge < -0.3 is 0 Å². The van der Waals surface area contributed by atoms with E-state index in [1.165, 1.54) is 0 Å². The Balaban J connectivity index is 0. The molecular weight excluding hydrogens is 333 g/mol. The third-order valence-electron chi connectivity index (χ3n) is 0.292. The Kier molecular flexibility index (Phi) is 4.01. The predicted molar refractivity (Wildman–Crippen MR) is 17.6 cm³/mol. The Morgan fingerprint density at radius 2 is 1.33 bits per heavy atom. The molecular formula is CHF3O3SW+6. The largest absolute Gasteiger partial charge is 6.00 e. The first-order valence-corrected chi connectivity index (χ1v) is 2.73. The number of alkyl halides is 3. The van der Waals surface area contributed by atoms with Crippen molar-refractivity contribution in [3.63, 3.8) is 0 Å². The van der Waals surface area contributed by atoms with Crippen LogP contribution < -0.4 is 0 Å². The molecule has 0 amide bonds. The molecule has 0 unspecified atom stereocenters. The molecule has 0 fully saturated rings. The number of hydrogen-bond acceptors (Lipinski definition) is 2. The van der Waals surface area contributed by atoms with Crippen LogP contribution in [-0.2, 0) is 31.2 Å². The van der Waals surface area contributed by atoms with E-state index in [1.54, 1.807) is 0 Å². The molecule has 0 aromatic heterocycles. The van der Waals surface area contributed by atoms with Crippen molar-refractivity contribution in [1.29, 1.82) is 0 Å². The van der Waals surface area contributed by atoms with Crippen LogP contribution in [0.5, 0.6) is 0 Å². The topological polar surface area (TPSA) is 54.4 Å². The summed E-state index contributed by atoms with van der Waals surface area (Å²) in [5, 5.41) is 0. The molecule has 0 aromatic rings. The van der Waals surface area contributed by atoms with Crippen LogP contribution in [0.3, 0.4) is 0 Å². The van der Waals surface area contributed by atoms with Crippen molar-refractivity contribution >= 4 is 10.1 Å². The number of rotatable bonds is 0. The molecule has 0 rings (SSSR count). The Morgan fingerprint density at radius 1 is 1.22 bits per heavy atom. The van der Waals surface area contributed by atoms with Gasteiger partial charge in [-0.1, -0.05) is 0 Å². The van der Waals surface area contributed by atoms with E-state index in [0.717, 1.165) is 0 Å². The molecule has 0 aliphatic rings. The summed E-state index contributed by atoms with van der Waals surface area (Å²) in [6, 6.07) is 0. The Morgan fingerprint density at radius 3 is 1.33 bits per heavy atom. The first-order valence-electron chi connectivity index (χ1n) is 1.29. The predicted octanol–water partition coefficient (Wildman–Crippen LogP) is 0.392. The zero-order valence-electron chi connectivity index (χ0n) is 3.71. The van der Waals surface area contributed by atoms with Crippen molar-refractivity contribution in [3.05, 3.63) is 0 Å². The van der Waals surface area contributed by atoms with Gasteiger partial charge in [0.1, 0.15) is 0 Å². The second-order valence-electron chi connectivity index (χ2n) is 0.921. The minimum atomic E-state index is -5.84. The molecule has 0 saturated carbocycles. The third-order valence-corrected chi connectivity index (χ3v) is 0.877. The molecule has 0 radical (unpaired) electrons. The fourth-order valence-electron chi connectivity index (χ4n) is 0. The average Bonchev–Trinajstić information content (AvgIpc) is 1.25. The van der Waals surface area contributed by atoms with Crippen LogP contribution in [0.2, 0.25) is 0 Å². The molecule has 8 heteroatoms. The summed E-state index contributed by atoms with van der Waals surface area (Å²) < 4.78 is 57.5. The molecule has 3 nitrogen and oxygen atoms in total. The molecule has 9 heavy (non-hydrogen) atoms. The van der Waals surface area contributed by atoms with Gasteiger partial charge in [0.05, 0.1) is 0 Å². The van der Waals surface area contributed by atoms with E-state index in [4.69, 9.17) is 13.0 Å². The molecule has 0 saturated heterocycles. The van der Waals surface area contributed by atoms with E-state index in [0.29, 0.717) is 0 Å². The molecule has 50 valence electrons. The van der Waals surface area contributed by atoms with Crippen LogP contribution in [0.4, 0.5) is 13.2 Å². The minimum absolute atomic E-state index is 0. The minimum Gasteiger partial charge on any atom is -0.279 e. The van der Waals surface area contributed by atoms with Crippen molar-refractivity contribution in [2.75, 3.05) is 0 Å². The van der Waals surface area contributed by atoms with Crippen LogP contribution in [0, 0.1) is 0 Å². The van der Waals surface area contributed by atoms with Gasteiger partial charge >= 0.3 is 36.7 Å². The molecule has 1 N–H and O–H groups in total. The molecule has 0 heterocycles. The maximum atomic E-state index is 10.7. The van der Waals surface area contributed by atoms with Crippen LogP contribution in [0.25, 0.3) is 0 Å². The summed E-state index contributed by atoms with van der Waals surface area (Å²) in [6.07, 6.45) is 0. The van der Waals surface area contributed by atoms with Crippen LogP contribution in [-0.4, -0.2) is 18.5 Å². The first kappa shape index (κ1) is 12.1. The van der Waals surface area contributed by atoms with Crippen molar-refractivity contribution in [1.82, 2.24) is 0 Å². The summed E-state index contributed by atoms with van der Waals surface area (Å²) in [5.41, 5.74) is -5.53. The first-order chi connectivity index (χ1) is 3.25. The molecule has 0 aromatic carbocycles. The molecule has 0 atom stereocenters. The van der Waals surface area contributed by atoms with Crippen molar-refractivity contribution in [2.45, 2.75) is 5.51 Å². The van der Waals surface area contributed by atoms with Gasteiger partial charge in [-0.05, 0) is 0 Å². The van der Waals surface area contributed by atoms with Crippen molar-refractivity contribution in [2.24, 2.45) is 0 Å². The molecule has 0 aliphatic carbocycles. The summed E-state index contributed by atoms with van der Waals surface area (Å²) in [4.78, 5) is 0. The third kappa shape index (κ3) is 3.88. The van der Waals surface area contributed by atoms with E-state index < -0.39 is 15.6 Å². The van der Waals surface area contributed by atoms with Gasteiger partial charge in [-0.25, -0.2) is 0 Å². The van der Waals surface area contributed by atoms with Gasteiger partial charge in [-0.3, -0.25) is 4.55 Å². The maximum Gasteiger partial charge on any atom is 6.00 e. The normalized spacial score (nSPS) is 12.4. The Hall–Kier alpha value is 0.388. The van der Waals surface area contributed by atoms with Gasteiger partial charge in [-0.15, -0.1) is 0 Å². The summed E-state index contributed by atoms with van der Waals surface area (Å²) in [6.45, 7) is 0. The number of hydrogen-bond donors (Lipinski definition) is 1. The van der Waals surface area contributed by atoms with E-state index >= 15 is 0 Å². The second kappa shape index (κ2) is 2.98. The average molecular weight is 334 g/mol. The Labute approximate surface area is 63.3 Å². The van der Waals surface area contributed by atoms with Gasteiger partial charge in [0.2, 0.25) is 0 Å². The fourth-order valence-corrected chi connectivity index (χ4v) is 0. The molecule has 0 spiro atoms. The van der Waals surface area contributed by atoms with Gasteiger partial charge in [-0.2, -0.15) is 21.6 Å². The van der Waals surface area contributed by atoms with Gasteiger partial charge in [0, 0.05) is 0 Å². The number of halogens is 3. The van der Waals surface area contributed by atoms with E-state index in [1.807, 2.05) is 0 Å². The van der Waals surface area contributed by atoms with E-state index in [9.17, 15) is 13.2 Å². The van der Waals surface area contributed by atoms with Crippen molar-refractivity contribution in [3.8, 4) is 0 Å². The van der Waals surface area contributed by atoms with Gasteiger partial charge in [0.15, 0.2) is 0 Å². The Bertz CT molecular complexity index is 168. The zero-order valence-corrected chi connectivity index (χ0v) is 7.46. The fraction of sp³-hybridized carbons (Fsp3) is 1.00. The summed E-state index contributed by atoms with van der Waals surface area (Å²) in [7, 11) is -5.84. The quantitative estimate of drug-likeness (QED) is 0.515. The zero-order chi connectivity index (χ0) is 7.00. The van der Waals surface area contributed by atoms with Crippen molar-refractivity contribution < 1.29 is 47.2 Å². The molecule has 0 bridgehead atoms. The van der Waals surface area contributed by atoms with Crippen LogP contribution in [0.1, 0.15) is 0 Å². The van der Waals surface area contributed by atoms with Crippen LogP contribution in [0.15, 0.2) is 0 Å². The second-order valence-corrected chi connectivity index (χ2v) is 2.33. The standard InChI is InChI=1S/CHF3O3S.W/c2-1(3,4)8(5,6)7;/h(H,5,6,7);/q;+6. The van der Waals surface area contributed by atoms with E-state index in [-0.39, 0.29) is 21.1 Å². The maximum absolute atomic E-state index is 10.7. The van der Waals surface area contributed by atoms with Gasteiger partial charge in [0.25, 0.3) is 0 Å². The summed E-state index contributed by atoms with van der Waals surface area (Å²) >= 11 is 0. The monoisotopic (exact) mass is 334 g/mol. The SMILES string of the molecule is O=S(=O)(O)C(F)(F)F.[W+6]. The molecule has 0 aliphatic heterocycles. The smallest absolute Gasteiger partial charge is 0.279 e. The van der Waals surface area contributed by atoms with Crippen LogP contribution >= 0.6 is 0 Å².